The molecule has 0 saturated carbocycles. The zero-order valence-electron chi connectivity index (χ0n) is 15.7. The highest BCUT2D eigenvalue weighted by atomic mass is 16.3. The fraction of sp³-hybridized carbons (Fsp3) is 0.409. The summed E-state index contributed by atoms with van der Waals surface area (Å²) in [6, 6.07) is 19.1. The van der Waals surface area contributed by atoms with E-state index < -0.39 is 6.10 Å². The second-order valence-corrected chi connectivity index (χ2v) is 7.09. The van der Waals surface area contributed by atoms with Gasteiger partial charge in [0.2, 0.25) is 0 Å². The van der Waals surface area contributed by atoms with Crippen LogP contribution in [0.15, 0.2) is 60.7 Å². The number of carbonyl (C=O) groups is 1. The van der Waals surface area contributed by atoms with E-state index in [0.29, 0.717) is 24.4 Å². The van der Waals surface area contributed by atoms with Crippen LogP contribution < -0.4 is 10.6 Å². The topological polar surface area (TPSA) is 61.4 Å². The number of amides is 1. The maximum Gasteiger partial charge on any atom is 0.251 e. The minimum absolute atomic E-state index is 0.132. The van der Waals surface area contributed by atoms with Crippen molar-refractivity contribution >= 4 is 5.91 Å². The normalized spacial score (nSPS) is 13.4. The van der Waals surface area contributed by atoms with Crippen LogP contribution in [0.5, 0.6) is 0 Å². The third-order valence-corrected chi connectivity index (χ3v) is 4.33. The third kappa shape index (κ3) is 6.98. The molecule has 0 aliphatic rings. The first kappa shape index (κ1) is 20.1. The number of rotatable bonds is 10. The molecule has 26 heavy (non-hydrogen) atoms. The number of aliphatic hydroxyl groups is 1. The largest absolute Gasteiger partial charge is 0.391 e. The van der Waals surface area contributed by atoms with Gasteiger partial charge in [-0.1, -0.05) is 62.4 Å². The minimum Gasteiger partial charge on any atom is -0.391 e. The number of benzene rings is 2. The molecule has 140 valence electrons. The Balaban J connectivity index is 1.83. The predicted octanol–water partition coefficient (Wildman–Crippen LogP) is 3.37. The quantitative estimate of drug-likeness (QED) is 0.573. The molecule has 0 heterocycles. The molecule has 0 radical (unpaired) electrons. The van der Waals surface area contributed by atoms with Crippen molar-refractivity contribution in [3.63, 3.8) is 0 Å². The van der Waals surface area contributed by atoms with Gasteiger partial charge in [0, 0.05) is 12.1 Å². The smallest absolute Gasteiger partial charge is 0.251 e. The Labute approximate surface area is 156 Å². The number of hydrogen-bond acceptors (Lipinski definition) is 3. The summed E-state index contributed by atoms with van der Waals surface area (Å²) in [4.78, 5) is 12.4. The highest BCUT2D eigenvalue weighted by molar-refractivity contribution is 5.94. The average Bonchev–Trinajstić information content (AvgIpc) is 2.65. The first-order valence-electron chi connectivity index (χ1n) is 9.35. The summed E-state index contributed by atoms with van der Waals surface area (Å²) in [5.74, 6) is 0.260. The lowest BCUT2D eigenvalue weighted by molar-refractivity contribution is 0.0780. The maximum atomic E-state index is 12.4. The number of aliphatic hydroxyl groups excluding tert-OH is 1. The molecule has 0 spiro atoms. The number of nitrogens with one attached hydrogen (secondary N) is 2. The van der Waals surface area contributed by atoms with E-state index in [4.69, 9.17) is 0 Å². The van der Waals surface area contributed by atoms with Gasteiger partial charge >= 0.3 is 0 Å². The van der Waals surface area contributed by atoms with Gasteiger partial charge in [-0.3, -0.25) is 4.79 Å². The molecule has 2 atom stereocenters. The summed E-state index contributed by atoms with van der Waals surface area (Å²) in [6.45, 7) is 5.68. The Kier molecular flexibility index (Phi) is 8.32. The van der Waals surface area contributed by atoms with Crippen LogP contribution in [0.1, 0.15) is 42.6 Å². The van der Waals surface area contributed by atoms with E-state index in [9.17, 15) is 9.90 Å². The van der Waals surface area contributed by atoms with Crippen molar-refractivity contribution in [2.24, 2.45) is 5.92 Å². The number of hydrogen-bond donors (Lipinski definition) is 3. The van der Waals surface area contributed by atoms with Gasteiger partial charge in [0.1, 0.15) is 0 Å². The second-order valence-electron chi connectivity index (χ2n) is 7.09. The van der Waals surface area contributed by atoms with E-state index in [1.54, 1.807) is 12.1 Å². The summed E-state index contributed by atoms with van der Waals surface area (Å²) >= 11 is 0. The molecule has 2 rings (SSSR count). The lowest BCUT2D eigenvalue weighted by atomic mass is 9.96. The van der Waals surface area contributed by atoms with Crippen LogP contribution >= 0.6 is 0 Å². The van der Waals surface area contributed by atoms with Crippen LogP contribution in [0, 0.1) is 5.92 Å². The van der Waals surface area contributed by atoms with Crippen molar-refractivity contribution in [2.75, 3.05) is 6.54 Å². The van der Waals surface area contributed by atoms with Gasteiger partial charge in [-0.2, -0.15) is 0 Å². The van der Waals surface area contributed by atoms with Crippen molar-refractivity contribution in [3.05, 3.63) is 71.8 Å². The lowest BCUT2D eigenvalue weighted by Crippen LogP contribution is -2.45. The standard InChI is InChI=1S/C22H30N2O2/c1-17(2)15-20(24-22(26)19-11-7-4-8-12-19)21(25)13-14-23-16-18-9-5-3-6-10-18/h3-12,17,20-21,23,25H,13-16H2,1-2H3,(H,24,26). The second kappa shape index (κ2) is 10.7. The number of carbonyl (C=O) groups excluding carboxylic acids is 1. The van der Waals surface area contributed by atoms with Gasteiger partial charge in [-0.25, -0.2) is 0 Å². The first-order chi connectivity index (χ1) is 12.6. The summed E-state index contributed by atoms with van der Waals surface area (Å²) in [6.07, 6.45) is 0.769. The van der Waals surface area contributed by atoms with Gasteiger partial charge in [0.25, 0.3) is 5.91 Å². The summed E-state index contributed by atoms with van der Waals surface area (Å²) in [5, 5.41) is 17.0. The molecular formula is C22H30N2O2. The Bertz CT molecular complexity index is 644. The molecule has 2 unspecified atom stereocenters. The molecular weight excluding hydrogens is 324 g/mol. The molecule has 0 saturated heterocycles. The molecule has 0 bridgehead atoms. The minimum atomic E-state index is -0.576. The van der Waals surface area contributed by atoms with E-state index in [0.717, 1.165) is 13.0 Å². The SMILES string of the molecule is CC(C)CC(NC(=O)c1ccccc1)C(O)CCNCc1ccccc1. The van der Waals surface area contributed by atoms with E-state index >= 15 is 0 Å². The lowest BCUT2D eigenvalue weighted by Gasteiger charge is -2.26. The van der Waals surface area contributed by atoms with E-state index in [-0.39, 0.29) is 11.9 Å². The summed E-state index contributed by atoms with van der Waals surface area (Å²) in [5.41, 5.74) is 1.84. The predicted molar refractivity (Wildman–Crippen MR) is 106 cm³/mol. The van der Waals surface area contributed by atoms with Crippen molar-refractivity contribution in [1.29, 1.82) is 0 Å². The molecule has 2 aromatic carbocycles. The van der Waals surface area contributed by atoms with Crippen LogP contribution in [-0.4, -0.2) is 29.7 Å². The molecule has 0 aromatic heterocycles. The summed E-state index contributed by atoms with van der Waals surface area (Å²) < 4.78 is 0. The Morgan fingerprint density at radius 1 is 1.00 bits per heavy atom. The fourth-order valence-corrected chi connectivity index (χ4v) is 2.94. The van der Waals surface area contributed by atoms with Gasteiger partial charge in [0.15, 0.2) is 0 Å². The third-order valence-electron chi connectivity index (χ3n) is 4.33. The zero-order chi connectivity index (χ0) is 18.8. The van der Waals surface area contributed by atoms with Crippen LogP contribution in [-0.2, 0) is 6.54 Å². The Morgan fingerprint density at radius 2 is 1.62 bits per heavy atom. The molecule has 0 aliphatic heterocycles. The molecule has 2 aromatic rings. The van der Waals surface area contributed by atoms with E-state index in [2.05, 4.69) is 36.6 Å². The van der Waals surface area contributed by atoms with Crippen molar-refractivity contribution in [2.45, 2.75) is 45.4 Å². The van der Waals surface area contributed by atoms with Crippen LogP contribution in [0.3, 0.4) is 0 Å². The zero-order valence-corrected chi connectivity index (χ0v) is 15.7. The van der Waals surface area contributed by atoms with Crippen molar-refractivity contribution in [3.8, 4) is 0 Å². The molecule has 0 fully saturated rings. The highest BCUT2D eigenvalue weighted by Gasteiger charge is 2.22. The Hall–Kier alpha value is -2.17. The first-order valence-corrected chi connectivity index (χ1v) is 9.35. The molecule has 3 N–H and O–H groups in total. The monoisotopic (exact) mass is 354 g/mol. The highest BCUT2D eigenvalue weighted by Crippen LogP contribution is 2.12. The fourth-order valence-electron chi connectivity index (χ4n) is 2.94. The van der Waals surface area contributed by atoms with Crippen LogP contribution in [0.2, 0.25) is 0 Å². The summed E-state index contributed by atoms with van der Waals surface area (Å²) in [7, 11) is 0. The van der Waals surface area contributed by atoms with Crippen LogP contribution in [0.4, 0.5) is 0 Å². The molecule has 4 nitrogen and oxygen atoms in total. The van der Waals surface area contributed by atoms with Crippen LogP contribution in [0.25, 0.3) is 0 Å². The van der Waals surface area contributed by atoms with E-state index in [1.165, 1.54) is 5.56 Å². The molecule has 0 aliphatic carbocycles. The molecule has 1 amide bonds. The van der Waals surface area contributed by atoms with Gasteiger partial charge in [0.05, 0.1) is 12.1 Å². The Morgan fingerprint density at radius 3 is 2.23 bits per heavy atom. The van der Waals surface area contributed by atoms with Crippen molar-refractivity contribution < 1.29 is 9.90 Å². The van der Waals surface area contributed by atoms with Crippen molar-refractivity contribution in [1.82, 2.24) is 10.6 Å². The van der Waals surface area contributed by atoms with Gasteiger partial charge in [-0.05, 0) is 43.0 Å². The van der Waals surface area contributed by atoms with E-state index in [1.807, 2.05) is 36.4 Å². The van der Waals surface area contributed by atoms with Gasteiger partial charge < -0.3 is 15.7 Å². The maximum absolute atomic E-state index is 12.4. The molecule has 4 heteroatoms. The average molecular weight is 354 g/mol. The van der Waals surface area contributed by atoms with Gasteiger partial charge in [-0.15, -0.1) is 0 Å².